The average Bonchev–Trinajstić information content (AvgIpc) is 3.62. The number of aromatic hydroxyl groups is 1. The number of nitrogens with zero attached hydrogens (tertiary/aromatic N) is 2. The van der Waals surface area contributed by atoms with Gasteiger partial charge in [0, 0.05) is 22.8 Å². The molecule has 0 saturated heterocycles. The van der Waals surface area contributed by atoms with Gasteiger partial charge in [-0.3, -0.25) is 0 Å². The highest BCUT2D eigenvalue weighted by Gasteiger charge is 2.17. The van der Waals surface area contributed by atoms with Crippen molar-refractivity contribution < 1.29 is 23.4 Å². The molecule has 6 rings (SSSR count). The highest BCUT2D eigenvalue weighted by molar-refractivity contribution is 6.11. The van der Waals surface area contributed by atoms with E-state index >= 15 is 0 Å². The number of para-hydroxylation sites is 1. The van der Waals surface area contributed by atoms with Gasteiger partial charge in [-0.1, -0.05) is 30.3 Å². The highest BCUT2D eigenvalue weighted by atomic mass is 16.5. The van der Waals surface area contributed by atoms with Gasteiger partial charge in [-0.15, -0.1) is 0 Å². The van der Waals surface area contributed by atoms with Crippen LogP contribution < -0.4 is 9.47 Å². The van der Waals surface area contributed by atoms with Crippen LogP contribution in [0, 0.1) is 6.92 Å². The van der Waals surface area contributed by atoms with Gasteiger partial charge in [0.1, 0.15) is 23.8 Å². The lowest BCUT2D eigenvalue weighted by atomic mass is 10.1. The number of furan rings is 1. The summed E-state index contributed by atoms with van der Waals surface area (Å²) in [6.45, 7) is 2.69. The van der Waals surface area contributed by atoms with Gasteiger partial charge >= 0.3 is 0 Å². The average molecular weight is 481 g/mol. The van der Waals surface area contributed by atoms with Crippen LogP contribution in [0.4, 0.5) is 0 Å². The van der Waals surface area contributed by atoms with E-state index in [0.717, 1.165) is 27.4 Å². The van der Waals surface area contributed by atoms with Crippen molar-refractivity contribution in [2.75, 3.05) is 7.11 Å². The van der Waals surface area contributed by atoms with Gasteiger partial charge in [0.25, 0.3) is 5.89 Å². The minimum atomic E-state index is 0.234. The Hall–Kier alpha value is -4.65. The van der Waals surface area contributed by atoms with E-state index in [2.05, 4.69) is 15.6 Å². The molecule has 0 atom stereocenters. The van der Waals surface area contributed by atoms with Crippen molar-refractivity contribution in [1.82, 2.24) is 9.55 Å². The smallest absolute Gasteiger partial charge is 0.263 e. The maximum Gasteiger partial charge on any atom is 0.263 e. The highest BCUT2D eigenvalue weighted by Crippen LogP contribution is 2.36. The fraction of sp³-hybridized carbons (Fsp3) is 0.138. The maximum atomic E-state index is 10.5. The van der Waals surface area contributed by atoms with E-state index in [1.807, 2.05) is 55.5 Å². The molecule has 0 aliphatic heterocycles. The standard InChI is InChI=1S/C29H24N2O5/c1-18-21(30-29(36-18)26-11-6-14-34-26)17-35-25-13-12-19(15-27(25)33-2)16-31-22-8-4-3-7-20(22)28-23(31)9-5-10-24(28)32/h3-15,32H,16-17H2,1-2H3. The summed E-state index contributed by atoms with van der Waals surface area (Å²) in [5, 5.41) is 12.4. The molecule has 0 radical (unpaired) electrons. The number of fused-ring (bicyclic) bond motifs is 3. The Balaban J connectivity index is 1.28. The summed E-state index contributed by atoms with van der Waals surface area (Å²) in [5.74, 6) is 3.20. The number of hydrogen-bond acceptors (Lipinski definition) is 6. The molecule has 1 N–H and O–H groups in total. The largest absolute Gasteiger partial charge is 0.507 e. The van der Waals surface area contributed by atoms with E-state index < -0.39 is 0 Å². The SMILES string of the molecule is COc1cc(Cn2c3ccccc3c3c(O)cccc32)ccc1OCc1nc(-c2ccco2)oc1C. The normalized spacial score (nSPS) is 11.4. The van der Waals surface area contributed by atoms with Gasteiger partial charge in [0.2, 0.25) is 0 Å². The molecule has 36 heavy (non-hydrogen) atoms. The summed E-state index contributed by atoms with van der Waals surface area (Å²) < 4.78 is 25.0. The molecular weight excluding hydrogens is 456 g/mol. The number of aryl methyl sites for hydroxylation is 1. The first-order chi connectivity index (χ1) is 17.6. The number of ether oxygens (including phenoxy) is 2. The van der Waals surface area contributed by atoms with Crippen molar-refractivity contribution in [2.45, 2.75) is 20.1 Å². The Labute approximate surface area is 207 Å². The molecular formula is C29H24N2O5. The molecule has 3 aromatic carbocycles. The Bertz CT molecular complexity index is 1680. The lowest BCUT2D eigenvalue weighted by Crippen LogP contribution is -2.02. The van der Waals surface area contributed by atoms with Crippen molar-refractivity contribution in [1.29, 1.82) is 0 Å². The fourth-order valence-electron chi connectivity index (χ4n) is 4.58. The Morgan fingerprint density at radius 2 is 1.81 bits per heavy atom. The number of phenolic OH excluding ortho intramolecular Hbond substituents is 1. The Morgan fingerprint density at radius 1 is 0.944 bits per heavy atom. The van der Waals surface area contributed by atoms with Gasteiger partial charge in [0.05, 0.1) is 18.9 Å². The second-order valence-electron chi connectivity index (χ2n) is 8.55. The molecule has 7 nitrogen and oxygen atoms in total. The summed E-state index contributed by atoms with van der Waals surface area (Å²) in [6.07, 6.45) is 1.58. The number of hydrogen-bond donors (Lipinski definition) is 1. The summed E-state index contributed by atoms with van der Waals surface area (Å²) in [4.78, 5) is 4.51. The van der Waals surface area contributed by atoms with Crippen molar-refractivity contribution >= 4 is 21.8 Å². The zero-order valence-electron chi connectivity index (χ0n) is 19.9. The lowest BCUT2D eigenvalue weighted by molar-refractivity contribution is 0.279. The molecule has 180 valence electrons. The van der Waals surface area contributed by atoms with Crippen LogP contribution in [0.3, 0.4) is 0 Å². The molecule has 7 heteroatoms. The molecule has 0 saturated carbocycles. The molecule has 0 spiro atoms. The lowest BCUT2D eigenvalue weighted by Gasteiger charge is -2.13. The summed E-state index contributed by atoms with van der Waals surface area (Å²) in [6, 6.07) is 23.2. The van der Waals surface area contributed by atoms with E-state index in [4.69, 9.17) is 18.3 Å². The first-order valence-corrected chi connectivity index (χ1v) is 11.6. The van der Waals surface area contributed by atoms with Crippen LogP contribution in [0.2, 0.25) is 0 Å². The molecule has 0 fully saturated rings. The van der Waals surface area contributed by atoms with Crippen LogP contribution in [0.1, 0.15) is 17.0 Å². The second kappa shape index (κ2) is 8.85. The van der Waals surface area contributed by atoms with E-state index in [1.165, 1.54) is 0 Å². The van der Waals surface area contributed by atoms with Crippen LogP contribution in [-0.2, 0) is 13.2 Å². The first kappa shape index (κ1) is 21.9. The molecule has 0 bridgehead atoms. The van der Waals surface area contributed by atoms with Crippen molar-refractivity contribution in [2.24, 2.45) is 0 Å². The van der Waals surface area contributed by atoms with Crippen LogP contribution in [0.5, 0.6) is 17.2 Å². The summed E-state index contributed by atoms with van der Waals surface area (Å²) in [5.41, 5.74) is 3.77. The van der Waals surface area contributed by atoms with Crippen LogP contribution in [0.15, 0.2) is 87.9 Å². The van der Waals surface area contributed by atoms with Crippen molar-refractivity contribution in [3.8, 4) is 28.9 Å². The third-order valence-corrected chi connectivity index (χ3v) is 6.33. The minimum absolute atomic E-state index is 0.234. The van der Waals surface area contributed by atoms with E-state index in [0.29, 0.717) is 41.1 Å². The molecule has 6 aromatic rings. The zero-order chi connectivity index (χ0) is 24.6. The number of benzene rings is 3. The maximum absolute atomic E-state index is 10.5. The molecule has 3 heterocycles. The third-order valence-electron chi connectivity index (χ3n) is 6.33. The van der Waals surface area contributed by atoms with Gasteiger partial charge in [-0.25, -0.2) is 4.98 Å². The number of phenols is 1. The Kier molecular flexibility index (Phi) is 5.37. The molecule has 0 aliphatic carbocycles. The van der Waals surface area contributed by atoms with E-state index in [1.54, 1.807) is 31.6 Å². The number of oxazole rings is 1. The number of rotatable bonds is 7. The van der Waals surface area contributed by atoms with Gasteiger partial charge < -0.3 is 28.0 Å². The van der Waals surface area contributed by atoms with Gasteiger partial charge in [-0.2, -0.15) is 0 Å². The van der Waals surface area contributed by atoms with Crippen molar-refractivity contribution in [3.05, 3.63) is 96.1 Å². The van der Waals surface area contributed by atoms with Gasteiger partial charge in [-0.05, 0) is 55.0 Å². The predicted molar refractivity (Wildman–Crippen MR) is 136 cm³/mol. The summed E-state index contributed by atoms with van der Waals surface area (Å²) in [7, 11) is 1.63. The molecule has 0 aliphatic rings. The quantitative estimate of drug-likeness (QED) is 0.274. The zero-order valence-corrected chi connectivity index (χ0v) is 19.9. The fourth-order valence-corrected chi connectivity index (χ4v) is 4.58. The second-order valence-corrected chi connectivity index (χ2v) is 8.55. The molecule has 0 amide bonds. The number of aromatic nitrogens is 2. The number of methoxy groups -OCH3 is 1. The van der Waals surface area contributed by atoms with Gasteiger partial charge in [0.15, 0.2) is 17.3 Å². The van der Waals surface area contributed by atoms with Crippen LogP contribution in [0.25, 0.3) is 33.5 Å². The monoisotopic (exact) mass is 480 g/mol. The topological polar surface area (TPSA) is 82.8 Å². The predicted octanol–water partition coefficient (Wildman–Crippen LogP) is 6.69. The van der Waals surface area contributed by atoms with E-state index in [9.17, 15) is 5.11 Å². The summed E-state index contributed by atoms with van der Waals surface area (Å²) >= 11 is 0. The minimum Gasteiger partial charge on any atom is -0.507 e. The van der Waals surface area contributed by atoms with Crippen molar-refractivity contribution in [3.63, 3.8) is 0 Å². The van der Waals surface area contributed by atoms with Crippen LogP contribution >= 0.6 is 0 Å². The third kappa shape index (κ3) is 3.75. The molecule has 3 aromatic heterocycles. The Morgan fingerprint density at radius 3 is 2.64 bits per heavy atom. The van der Waals surface area contributed by atoms with Crippen LogP contribution in [-0.4, -0.2) is 21.8 Å². The molecule has 0 unspecified atom stereocenters. The first-order valence-electron chi connectivity index (χ1n) is 11.6. The van der Waals surface area contributed by atoms with E-state index in [-0.39, 0.29) is 12.4 Å².